The number of methoxy groups -OCH3 is 2. The Morgan fingerprint density at radius 3 is 2.35 bits per heavy atom. The topological polar surface area (TPSA) is 170 Å². The van der Waals surface area contributed by atoms with E-state index in [4.69, 9.17) is 47.4 Å². The van der Waals surface area contributed by atoms with E-state index in [2.05, 4.69) is 40.7 Å². The van der Waals surface area contributed by atoms with Gasteiger partial charge in [0.25, 0.3) is 0 Å². The van der Waals surface area contributed by atoms with Gasteiger partial charge in [-0.3, -0.25) is 4.79 Å². The molecule has 0 aromatic rings. The van der Waals surface area contributed by atoms with Crippen molar-refractivity contribution in [2.75, 3.05) is 20.8 Å². The van der Waals surface area contributed by atoms with E-state index < -0.39 is 90.8 Å². The van der Waals surface area contributed by atoms with Gasteiger partial charge in [-0.05, 0) is 69.1 Å². The third-order valence-electron chi connectivity index (χ3n) is 14.9. The molecule has 20 unspecified atom stereocenters. The summed E-state index contributed by atoms with van der Waals surface area (Å²) in [5, 5.41) is 34.2. The quantitative estimate of drug-likeness (QED) is 0.204. The number of aliphatic hydroxyl groups excluding tert-OH is 2. The molecular weight excluding hydrogens is 801 g/mol. The van der Waals surface area contributed by atoms with Crippen molar-refractivity contribution in [1.82, 2.24) is 0 Å². The van der Waals surface area contributed by atoms with Crippen molar-refractivity contribution in [3.8, 4) is 0 Å². The second-order valence-electron chi connectivity index (χ2n) is 19.4. The van der Waals surface area contributed by atoms with Crippen LogP contribution in [0, 0.1) is 23.7 Å². The van der Waals surface area contributed by atoms with Crippen LogP contribution in [-0.2, 0) is 52.2 Å². The van der Waals surface area contributed by atoms with E-state index in [-0.39, 0.29) is 30.8 Å². The molecule has 2 bridgehead atoms. The molecule has 14 heteroatoms. The van der Waals surface area contributed by atoms with Gasteiger partial charge < -0.3 is 62.7 Å². The second kappa shape index (κ2) is 19.8. The van der Waals surface area contributed by atoms with E-state index in [1.54, 1.807) is 40.2 Å². The van der Waals surface area contributed by atoms with Gasteiger partial charge in [0.1, 0.15) is 42.0 Å². The molecule has 3 N–H and O–H groups in total. The summed E-state index contributed by atoms with van der Waals surface area (Å²) in [4.78, 5) is 14.4. The van der Waals surface area contributed by atoms with E-state index in [1.807, 2.05) is 19.1 Å². The van der Waals surface area contributed by atoms with Crippen LogP contribution in [0.1, 0.15) is 107 Å². The minimum atomic E-state index is -1.82. The number of rotatable bonds is 8. The van der Waals surface area contributed by atoms with Crippen molar-refractivity contribution >= 4 is 5.97 Å². The highest BCUT2D eigenvalue weighted by Gasteiger charge is 2.60. The molecule has 6 aliphatic heterocycles. The van der Waals surface area contributed by atoms with Crippen LogP contribution < -0.4 is 0 Å². The summed E-state index contributed by atoms with van der Waals surface area (Å²) in [6.45, 7) is 16.3. The molecule has 0 radical (unpaired) electrons. The Morgan fingerprint density at radius 1 is 0.919 bits per heavy atom. The maximum Gasteiger partial charge on any atom is 0.316 e. The number of allylic oxidation sites excluding steroid dienone is 2. The SMILES string of the molecule is CCC(C)C1OC2(CCC1C)CC1CC(C/C=C(/C)C(OC3CC(OC)C(OC4CC(OC)C(O)C(C)O4)C(C)O3)C(C)/C=C\C=C3\COC4C(O)C(C)=CC(C(=O)O1)C34O)O2. The van der Waals surface area contributed by atoms with Crippen molar-refractivity contribution in [2.45, 2.75) is 204 Å². The largest absolute Gasteiger partial charge is 0.462 e. The Hall–Kier alpha value is -2.05. The molecule has 6 heterocycles. The predicted molar refractivity (Wildman–Crippen MR) is 227 cm³/mol. The van der Waals surface area contributed by atoms with Gasteiger partial charge in [0.2, 0.25) is 0 Å². The van der Waals surface area contributed by atoms with Crippen LogP contribution in [0.3, 0.4) is 0 Å². The molecule has 0 aromatic heterocycles. The van der Waals surface area contributed by atoms with E-state index in [0.29, 0.717) is 61.5 Å². The zero-order valence-electron chi connectivity index (χ0n) is 38.5. The highest BCUT2D eigenvalue weighted by Crippen LogP contribution is 2.48. The number of carbonyl (C=O) groups is 1. The average molecular weight is 875 g/mol. The standard InChI is InChI=1S/C48H74O14/c1-11-25(2)43-28(5)17-18-47(62-43)23-34-20-33(61-47)16-15-27(4)42(26(3)13-12-14-32-24-55-45-40(49)29(6)19-35(46(51)58-34)48(32,45)52)59-39-22-37(54-10)44(31(8)57-39)60-38-21-36(53-9)41(50)30(7)56-38/h12-15,19,25-26,28,30-31,33-45,49-50,52H,11,16-18,20-24H2,1-10H3/b13-12-,27-15-,32-14-. The summed E-state index contributed by atoms with van der Waals surface area (Å²) in [6.07, 6.45) is 6.53. The van der Waals surface area contributed by atoms with Gasteiger partial charge in [-0.15, -0.1) is 0 Å². The molecular formula is C48H74O14. The molecule has 0 aromatic carbocycles. The zero-order chi connectivity index (χ0) is 44.7. The molecule has 62 heavy (non-hydrogen) atoms. The molecule has 5 fully saturated rings. The lowest BCUT2D eigenvalue weighted by Gasteiger charge is -2.51. The highest BCUT2D eigenvalue weighted by atomic mass is 16.7. The molecule has 0 amide bonds. The Kier molecular flexibility index (Phi) is 15.3. The van der Waals surface area contributed by atoms with Crippen LogP contribution in [0.5, 0.6) is 0 Å². The fraction of sp³-hybridized carbons (Fsp3) is 0.812. The first-order valence-electron chi connectivity index (χ1n) is 23.2. The van der Waals surface area contributed by atoms with E-state index in [1.165, 1.54) is 0 Å². The van der Waals surface area contributed by atoms with Crippen molar-refractivity contribution < 1.29 is 67.5 Å². The fourth-order valence-electron chi connectivity index (χ4n) is 11.0. The molecule has 1 spiro atoms. The van der Waals surface area contributed by atoms with Crippen molar-refractivity contribution in [3.05, 3.63) is 47.1 Å². The maximum absolute atomic E-state index is 14.4. The Morgan fingerprint density at radius 2 is 1.63 bits per heavy atom. The second-order valence-corrected chi connectivity index (χ2v) is 19.4. The van der Waals surface area contributed by atoms with Gasteiger partial charge in [-0.1, -0.05) is 64.5 Å². The summed E-state index contributed by atoms with van der Waals surface area (Å²) in [5.41, 5.74) is 0.188. The first-order valence-corrected chi connectivity index (χ1v) is 23.2. The summed E-state index contributed by atoms with van der Waals surface area (Å²) in [7, 11) is 3.23. The van der Waals surface area contributed by atoms with E-state index >= 15 is 0 Å². The molecule has 7 rings (SSSR count). The average Bonchev–Trinajstić information content (AvgIpc) is 3.58. The summed E-state index contributed by atoms with van der Waals surface area (Å²) >= 11 is 0. The summed E-state index contributed by atoms with van der Waals surface area (Å²) < 4.78 is 63.9. The number of ether oxygens (including phenoxy) is 10. The predicted octanol–water partition coefficient (Wildman–Crippen LogP) is 5.60. The lowest BCUT2D eigenvalue weighted by Crippen LogP contribution is -2.58. The third kappa shape index (κ3) is 9.73. The van der Waals surface area contributed by atoms with Crippen LogP contribution in [-0.4, -0.2) is 139 Å². The first kappa shape index (κ1) is 47.9. The number of aliphatic hydroxyl groups is 3. The fourth-order valence-corrected chi connectivity index (χ4v) is 11.0. The molecule has 7 aliphatic rings. The lowest BCUT2D eigenvalue weighted by molar-refractivity contribution is -0.340. The van der Waals surface area contributed by atoms with Crippen LogP contribution in [0.15, 0.2) is 47.1 Å². The molecule has 20 atom stereocenters. The molecule has 0 saturated carbocycles. The molecule has 5 saturated heterocycles. The number of esters is 1. The Bertz CT molecular complexity index is 1680. The Labute approximate surface area is 368 Å². The highest BCUT2D eigenvalue weighted by molar-refractivity contribution is 5.78. The smallest absolute Gasteiger partial charge is 0.316 e. The van der Waals surface area contributed by atoms with Gasteiger partial charge >= 0.3 is 5.97 Å². The van der Waals surface area contributed by atoms with Gasteiger partial charge in [0.15, 0.2) is 18.4 Å². The molecule has 14 nitrogen and oxygen atoms in total. The number of hydrogen-bond acceptors (Lipinski definition) is 14. The minimum absolute atomic E-state index is 0.00708. The van der Waals surface area contributed by atoms with Gasteiger partial charge in [-0.25, -0.2) is 0 Å². The van der Waals surface area contributed by atoms with E-state index in [0.717, 1.165) is 18.4 Å². The number of carbonyl (C=O) groups excluding carboxylic acids is 1. The van der Waals surface area contributed by atoms with Crippen LogP contribution in [0.25, 0.3) is 0 Å². The van der Waals surface area contributed by atoms with Gasteiger partial charge in [0.05, 0.1) is 49.3 Å². The zero-order valence-corrected chi connectivity index (χ0v) is 38.5. The van der Waals surface area contributed by atoms with Crippen LogP contribution in [0.4, 0.5) is 0 Å². The monoisotopic (exact) mass is 875 g/mol. The normalized spacial score (nSPS) is 49.4. The van der Waals surface area contributed by atoms with E-state index in [9.17, 15) is 20.1 Å². The molecule has 350 valence electrons. The van der Waals surface area contributed by atoms with Crippen LogP contribution >= 0.6 is 0 Å². The molecule has 1 aliphatic carbocycles. The minimum Gasteiger partial charge on any atom is -0.462 e. The first-order chi connectivity index (χ1) is 29.5. The van der Waals surface area contributed by atoms with Crippen molar-refractivity contribution in [3.63, 3.8) is 0 Å². The van der Waals surface area contributed by atoms with Crippen molar-refractivity contribution in [2.24, 2.45) is 23.7 Å². The number of hydrogen-bond donors (Lipinski definition) is 3. The van der Waals surface area contributed by atoms with Crippen LogP contribution in [0.2, 0.25) is 0 Å². The maximum atomic E-state index is 14.4. The van der Waals surface area contributed by atoms with Gasteiger partial charge in [-0.2, -0.15) is 0 Å². The number of fused-ring (bicyclic) bond motifs is 2. The summed E-state index contributed by atoms with van der Waals surface area (Å²) in [5.74, 6) is -2.10. The van der Waals surface area contributed by atoms with Gasteiger partial charge in [0, 0.05) is 52.2 Å². The van der Waals surface area contributed by atoms with Crippen molar-refractivity contribution in [1.29, 1.82) is 0 Å². The summed E-state index contributed by atoms with van der Waals surface area (Å²) in [6, 6.07) is 0. The third-order valence-corrected chi connectivity index (χ3v) is 14.9. The lowest BCUT2D eigenvalue weighted by atomic mass is 9.71. The Balaban J connectivity index is 1.18.